The van der Waals surface area contributed by atoms with Crippen molar-refractivity contribution in [1.29, 1.82) is 0 Å². The molecule has 2 unspecified atom stereocenters. The van der Waals surface area contributed by atoms with E-state index >= 15 is 4.39 Å². The van der Waals surface area contributed by atoms with Gasteiger partial charge in [-0.1, -0.05) is 25.5 Å². The number of esters is 1. The Morgan fingerprint density at radius 1 is 1.30 bits per heavy atom. The van der Waals surface area contributed by atoms with E-state index in [0.717, 1.165) is 0 Å². The van der Waals surface area contributed by atoms with Crippen LogP contribution in [0.25, 0.3) is 0 Å². The smallest absolute Gasteiger partial charge is 0.329 e. The first-order valence-electron chi connectivity index (χ1n) is 14.9. The number of Topliss-reactive ketones (excluding diaryl/α,β-unsaturated/α-hetero) is 1. The van der Waals surface area contributed by atoms with Crippen LogP contribution in [0.2, 0.25) is 0 Å². The molecular weight excluding hydrogens is 559 g/mol. The molecule has 234 valence electrons. The SMILES string of the molecule is CC(N)C(=O)NC(Cc1cnc[nH]1)C(=O)OCC(=O)[C@@]1(O)[C@H](C)C[C@H]2[C@@H]3CCC4=CC(=O)C=C[C@]4(C)[C@@]3(F)[C@@H](O)C[C@@]21C. The summed E-state index contributed by atoms with van der Waals surface area (Å²) in [5.74, 6) is -4.19. The largest absolute Gasteiger partial charge is 0.456 e. The topological polar surface area (TPSA) is 185 Å². The van der Waals surface area contributed by atoms with Gasteiger partial charge in [0.15, 0.2) is 18.1 Å². The zero-order chi connectivity index (χ0) is 31.5. The van der Waals surface area contributed by atoms with Gasteiger partial charge in [0.1, 0.15) is 11.6 Å². The number of nitrogens with two attached hydrogens (primary N) is 1. The number of fused-ring (bicyclic) bond motifs is 5. The third kappa shape index (κ3) is 4.60. The summed E-state index contributed by atoms with van der Waals surface area (Å²) in [4.78, 5) is 58.0. The maximum absolute atomic E-state index is 17.4. The van der Waals surface area contributed by atoms with Crippen molar-refractivity contribution in [3.05, 3.63) is 42.0 Å². The average Bonchev–Trinajstić information content (AvgIpc) is 3.53. The Balaban J connectivity index is 1.37. The molecule has 3 fully saturated rings. The fourth-order valence-electron chi connectivity index (χ4n) is 8.60. The van der Waals surface area contributed by atoms with Crippen LogP contribution in [0, 0.1) is 28.6 Å². The monoisotopic (exact) mass is 600 g/mol. The van der Waals surface area contributed by atoms with Gasteiger partial charge in [-0.2, -0.15) is 0 Å². The fourth-order valence-corrected chi connectivity index (χ4v) is 8.60. The number of rotatable bonds is 8. The highest BCUT2D eigenvalue weighted by molar-refractivity contribution is 6.01. The number of H-pyrrole nitrogens is 1. The van der Waals surface area contributed by atoms with Gasteiger partial charge in [0.2, 0.25) is 11.7 Å². The average molecular weight is 601 g/mol. The Morgan fingerprint density at radius 3 is 2.67 bits per heavy atom. The number of ketones is 2. The molecule has 1 amide bonds. The lowest BCUT2D eigenvalue weighted by molar-refractivity contribution is -0.220. The lowest BCUT2D eigenvalue weighted by atomic mass is 9.44. The molecule has 0 aromatic carbocycles. The summed E-state index contributed by atoms with van der Waals surface area (Å²) in [6, 6.07) is -2.07. The number of hydrogen-bond acceptors (Lipinski definition) is 9. The molecule has 4 aliphatic rings. The van der Waals surface area contributed by atoms with Gasteiger partial charge in [0.05, 0.1) is 18.5 Å². The Bertz CT molecular complexity index is 1380. The maximum atomic E-state index is 17.4. The number of hydrogen-bond donors (Lipinski definition) is 5. The molecule has 0 saturated heterocycles. The van der Waals surface area contributed by atoms with Crippen molar-refractivity contribution in [2.45, 2.75) is 89.3 Å². The molecule has 0 aliphatic heterocycles. The second kappa shape index (κ2) is 10.7. The number of aliphatic hydroxyl groups excluding tert-OH is 1. The first-order valence-corrected chi connectivity index (χ1v) is 14.9. The standard InChI is InChI=1S/C31H41FN4O7/c1-16-9-22-21-6-5-18-10-20(37)7-8-28(18,3)30(21,32)24(38)12-29(22,4)31(16,42)25(39)14-43-27(41)23(36-26(40)17(2)33)11-19-13-34-15-35-19/h7-8,10,13,15-17,21-24,38,42H,5-6,9,11-12,14,33H2,1-4H3,(H,34,35)(H,36,40)/t16-,17?,21+,22+,23?,24+,28+,29+,30+,31+/m1/s1. The van der Waals surface area contributed by atoms with E-state index in [4.69, 9.17) is 10.5 Å². The summed E-state index contributed by atoms with van der Waals surface area (Å²) < 4.78 is 22.7. The molecule has 6 N–H and O–H groups in total. The number of allylic oxidation sites excluding steroid dienone is 4. The van der Waals surface area contributed by atoms with E-state index in [-0.39, 0.29) is 18.6 Å². The van der Waals surface area contributed by atoms with Crippen molar-refractivity contribution in [3.63, 3.8) is 0 Å². The second-order valence-corrected chi connectivity index (χ2v) is 13.3. The number of halogens is 1. The normalized spacial score (nSPS) is 39.5. The molecule has 0 radical (unpaired) electrons. The number of ether oxygens (including phenoxy) is 1. The minimum absolute atomic E-state index is 0.00758. The Morgan fingerprint density at radius 2 is 2.02 bits per heavy atom. The molecule has 10 atom stereocenters. The van der Waals surface area contributed by atoms with Gasteiger partial charge in [-0.15, -0.1) is 0 Å². The van der Waals surface area contributed by atoms with E-state index in [2.05, 4.69) is 15.3 Å². The molecule has 1 heterocycles. The summed E-state index contributed by atoms with van der Waals surface area (Å²) in [5, 5.41) is 26.2. The maximum Gasteiger partial charge on any atom is 0.329 e. The van der Waals surface area contributed by atoms with Crippen LogP contribution in [0.1, 0.15) is 59.1 Å². The Kier molecular flexibility index (Phi) is 7.80. The second-order valence-electron chi connectivity index (χ2n) is 13.3. The number of carbonyl (C=O) groups is 4. The summed E-state index contributed by atoms with van der Waals surface area (Å²) in [5.41, 5.74) is 0.325. The molecule has 12 heteroatoms. The first kappa shape index (κ1) is 31.2. The number of amides is 1. The lowest BCUT2D eigenvalue weighted by Crippen LogP contribution is -2.69. The van der Waals surface area contributed by atoms with Crippen LogP contribution in [0.5, 0.6) is 0 Å². The quantitative estimate of drug-likeness (QED) is 0.274. The molecular formula is C31H41FN4O7. The lowest BCUT2D eigenvalue weighted by Gasteiger charge is -2.62. The van der Waals surface area contributed by atoms with Crippen LogP contribution < -0.4 is 11.1 Å². The fraction of sp³-hybridized carbons (Fsp3) is 0.645. The minimum Gasteiger partial charge on any atom is -0.456 e. The number of aromatic nitrogens is 2. The van der Waals surface area contributed by atoms with Gasteiger partial charge in [-0.05, 0) is 63.5 Å². The van der Waals surface area contributed by atoms with E-state index in [1.54, 1.807) is 26.8 Å². The number of imidazole rings is 1. The van der Waals surface area contributed by atoms with Crippen molar-refractivity contribution < 1.29 is 38.5 Å². The van der Waals surface area contributed by atoms with Gasteiger partial charge in [0, 0.05) is 35.1 Å². The van der Waals surface area contributed by atoms with E-state index in [0.29, 0.717) is 30.5 Å². The van der Waals surface area contributed by atoms with Crippen LogP contribution in [-0.2, 0) is 30.3 Å². The highest BCUT2D eigenvalue weighted by atomic mass is 19.1. The summed E-state index contributed by atoms with van der Waals surface area (Å²) in [6.07, 6.45) is 6.71. The Labute approximate surface area is 249 Å². The van der Waals surface area contributed by atoms with Crippen molar-refractivity contribution in [2.24, 2.45) is 34.3 Å². The van der Waals surface area contributed by atoms with Crippen molar-refractivity contribution >= 4 is 23.4 Å². The highest BCUT2D eigenvalue weighted by Gasteiger charge is 2.75. The van der Waals surface area contributed by atoms with Gasteiger partial charge in [0.25, 0.3) is 0 Å². The third-order valence-electron chi connectivity index (χ3n) is 11.0. The number of aliphatic hydroxyl groups is 2. The van der Waals surface area contributed by atoms with Crippen molar-refractivity contribution in [3.8, 4) is 0 Å². The molecule has 43 heavy (non-hydrogen) atoms. The molecule has 0 bridgehead atoms. The first-order chi connectivity index (χ1) is 20.1. The highest BCUT2D eigenvalue weighted by Crippen LogP contribution is 2.70. The van der Waals surface area contributed by atoms with Gasteiger partial charge in [-0.3, -0.25) is 14.4 Å². The molecule has 0 spiro atoms. The van der Waals surface area contributed by atoms with Crippen LogP contribution in [0.15, 0.2) is 36.3 Å². The molecule has 4 aliphatic carbocycles. The van der Waals surface area contributed by atoms with Gasteiger partial charge in [-0.25, -0.2) is 14.2 Å². The molecule has 3 saturated carbocycles. The van der Waals surface area contributed by atoms with E-state index in [1.807, 2.05) is 0 Å². The zero-order valence-corrected chi connectivity index (χ0v) is 24.9. The van der Waals surface area contributed by atoms with Gasteiger partial charge >= 0.3 is 5.97 Å². The predicted octanol–water partition coefficient (Wildman–Crippen LogP) is 1.24. The molecule has 1 aromatic heterocycles. The number of nitrogens with zero attached hydrogens (tertiary/aromatic N) is 1. The van der Waals surface area contributed by atoms with Gasteiger partial charge < -0.3 is 31.0 Å². The summed E-state index contributed by atoms with van der Waals surface area (Å²) in [7, 11) is 0. The number of nitrogens with one attached hydrogen (secondary N) is 2. The Hall–Kier alpha value is -3.22. The predicted molar refractivity (Wildman–Crippen MR) is 152 cm³/mol. The van der Waals surface area contributed by atoms with E-state index in [9.17, 15) is 29.4 Å². The van der Waals surface area contributed by atoms with Crippen molar-refractivity contribution in [1.82, 2.24) is 15.3 Å². The number of carbonyl (C=O) groups excluding carboxylic acids is 4. The third-order valence-corrected chi connectivity index (χ3v) is 11.0. The number of aromatic amines is 1. The van der Waals surface area contributed by atoms with Crippen LogP contribution in [0.3, 0.4) is 0 Å². The van der Waals surface area contributed by atoms with Crippen LogP contribution >= 0.6 is 0 Å². The number of alkyl halides is 1. The zero-order valence-electron chi connectivity index (χ0n) is 24.9. The van der Waals surface area contributed by atoms with Crippen LogP contribution in [0.4, 0.5) is 4.39 Å². The molecule has 11 nitrogen and oxygen atoms in total. The molecule has 5 rings (SSSR count). The molecule has 1 aromatic rings. The summed E-state index contributed by atoms with van der Waals surface area (Å²) in [6.45, 7) is 5.82. The minimum atomic E-state index is -2.10. The van der Waals surface area contributed by atoms with Crippen LogP contribution in [-0.4, -0.2) is 79.7 Å². The van der Waals surface area contributed by atoms with Crippen molar-refractivity contribution in [2.75, 3.05) is 6.61 Å². The summed E-state index contributed by atoms with van der Waals surface area (Å²) >= 11 is 0. The van der Waals surface area contributed by atoms with E-state index < -0.39 is 82.3 Å². The van der Waals surface area contributed by atoms with E-state index in [1.165, 1.54) is 31.6 Å².